The maximum absolute atomic E-state index is 9.89. The lowest BCUT2D eigenvalue weighted by molar-refractivity contribution is -0.185. The zero-order chi connectivity index (χ0) is 16.5. The summed E-state index contributed by atoms with van der Waals surface area (Å²) >= 11 is 0. The molecule has 23 heavy (non-hydrogen) atoms. The Bertz CT molecular complexity index is 429. The molecule has 1 heterocycles. The molecule has 1 fully saturated rings. The van der Waals surface area contributed by atoms with Crippen LogP contribution in [0.1, 0.15) is 24.8 Å². The quantitative estimate of drug-likeness (QED) is 0.716. The SMILES string of the molecule is COc1ccc(COC[C@@H](O)[C@@H](O)COC2CCCCO2)cc1. The van der Waals surface area contributed by atoms with E-state index in [2.05, 4.69) is 0 Å². The van der Waals surface area contributed by atoms with Crippen LogP contribution < -0.4 is 4.74 Å². The van der Waals surface area contributed by atoms with Gasteiger partial charge in [0.25, 0.3) is 0 Å². The Kier molecular flexibility index (Phi) is 7.78. The highest BCUT2D eigenvalue weighted by Gasteiger charge is 2.20. The minimum atomic E-state index is -0.989. The maximum Gasteiger partial charge on any atom is 0.157 e. The molecule has 6 nitrogen and oxygen atoms in total. The maximum atomic E-state index is 9.89. The van der Waals surface area contributed by atoms with Crippen LogP contribution in [0.3, 0.4) is 0 Å². The second-order valence-corrected chi connectivity index (χ2v) is 5.63. The lowest BCUT2D eigenvalue weighted by Gasteiger charge is -2.25. The van der Waals surface area contributed by atoms with Crippen molar-refractivity contribution in [1.82, 2.24) is 0 Å². The molecule has 1 aliphatic heterocycles. The highest BCUT2D eigenvalue weighted by molar-refractivity contribution is 5.26. The molecule has 130 valence electrons. The van der Waals surface area contributed by atoms with Crippen LogP contribution >= 0.6 is 0 Å². The fourth-order valence-corrected chi connectivity index (χ4v) is 2.29. The van der Waals surface area contributed by atoms with E-state index in [-0.39, 0.29) is 19.5 Å². The Morgan fingerprint density at radius 2 is 1.87 bits per heavy atom. The van der Waals surface area contributed by atoms with Gasteiger partial charge in [-0.25, -0.2) is 0 Å². The van der Waals surface area contributed by atoms with Crippen LogP contribution in [0, 0.1) is 0 Å². The first-order valence-corrected chi connectivity index (χ1v) is 7.99. The molecule has 0 aliphatic carbocycles. The van der Waals surface area contributed by atoms with E-state index in [4.69, 9.17) is 18.9 Å². The zero-order valence-corrected chi connectivity index (χ0v) is 13.5. The predicted molar refractivity (Wildman–Crippen MR) is 84.2 cm³/mol. The number of methoxy groups -OCH3 is 1. The normalized spacial score (nSPS) is 20.9. The summed E-state index contributed by atoms with van der Waals surface area (Å²) in [5, 5.41) is 19.8. The van der Waals surface area contributed by atoms with Crippen LogP contribution in [0.25, 0.3) is 0 Å². The number of ether oxygens (including phenoxy) is 4. The van der Waals surface area contributed by atoms with Gasteiger partial charge in [-0.15, -0.1) is 0 Å². The van der Waals surface area contributed by atoms with Gasteiger partial charge >= 0.3 is 0 Å². The molecule has 0 saturated carbocycles. The average molecular weight is 326 g/mol. The van der Waals surface area contributed by atoms with Gasteiger partial charge in [-0.3, -0.25) is 0 Å². The van der Waals surface area contributed by atoms with E-state index in [0.717, 1.165) is 30.6 Å². The van der Waals surface area contributed by atoms with Gasteiger partial charge in [0.1, 0.15) is 18.0 Å². The molecule has 2 rings (SSSR count). The molecule has 0 radical (unpaired) electrons. The Morgan fingerprint density at radius 1 is 1.13 bits per heavy atom. The topological polar surface area (TPSA) is 77.4 Å². The average Bonchev–Trinajstić information content (AvgIpc) is 2.61. The van der Waals surface area contributed by atoms with Crippen molar-refractivity contribution in [2.45, 2.75) is 44.4 Å². The van der Waals surface area contributed by atoms with Crippen molar-refractivity contribution in [2.75, 3.05) is 26.9 Å². The fraction of sp³-hybridized carbons (Fsp3) is 0.647. The molecule has 1 unspecified atom stereocenters. The summed E-state index contributed by atoms with van der Waals surface area (Å²) in [6.07, 6.45) is 0.689. The summed E-state index contributed by atoms with van der Waals surface area (Å²) in [5.41, 5.74) is 0.972. The third-order valence-electron chi connectivity index (χ3n) is 3.75. The van der Waals surface area contributed by atoms with E-state index in [1.807, 2.05) is 24.3 Å². The molecule has 1 aromatic rings. The first kappa shape index (κ1) is 18.2. The second-order valence-electron chi connectivity index (χ2n) is 5.63. The van der Waals surface area contributed by atoms with Crippen molar-refractivity contribution in [1.29, 1.82) is 0 Å². The Balaban J connectivity index is 1.61. The summed E-state index contributed by atoms with van der Waals surface area (Å²) in [5.74, 6) is 0.784. The number of rotatable bonds is 9. The lowest BCUT2D eigenvalue weighted by atomic mass is 10.2. The summed E-state index contributed by atoms with van der Waals surface area (Å²) in [6, 6.07) is 7.49. The van der Waals surface area contributed by atoms with Gasteiger partial charge in [-0.2, -0.15) is 0 Å². The summed E-state index contributed by atoms with van der Waals surface area (Å²) in [6.45, 7) is 1.13. The van der Waals surface area contributed by atoms with Gasteiger partial charge < -0.3 is 29.2 Å². The Hall–Kier alpha value is -1.18. The number of benzene rings is 1. The molecule has 1 saturated heterocycles. The number of aliphatic hydroxyl groups excluding tert-OH is 2. The number of hydrogen-bond acceptors (Lipinski definition) is 6. The molecule has 1 aromatic carbocycles. The van der Waals surface area contributed by atoms with E-state index >= 15 is 0 Å². The molecule has 0 aromatic heterocycles. The van der Waals surface area contributed by atoms with Crippen LogP contribution in [0.4, 0.5) is 0 Å². The predicted octanol–water partition coefficient (Wildman–Crippen LogP) is 1.48. The highest BCUT2D eigenvalue weighted by atomic mass is 16.7. The second kappa shape index (κ2) is 9.85. The van der Waals surface area contributed by atoms with Crippen LogP contribution in [0.15, 0.2) is 24.3 Å². The largest absolute Gasteiger partial charge is 0.497 e. The Labute approximate surface area is 136 Å². The van der Waals surface area contributed by atoms with Crippen LogP contribution in [-0.2, 0) is 20.8 Å². The van der Waals surface area contributed by atoms with E-state index in [9.17, 15) is 10.2 Å². The van der Waals surface area contributed by atoms with Crippen molar-refractivity contribution >= 4 is 0 Å². The van der Waals surface area contributed by atoms with Gasteiger partial charge in [-0.1, -0.05) is 12.1 Å². The minimum Gasteiger partial charge on any atom is -0.497 e. The van der Waals surface area contributed by atoms with Gasteiger partial charge in [-0.05, 0) is 37.0 Å². The first-order chi connectivity index (χ1) is 11.2. The van der Waals surface area contributed by atoms with Crippen molar-refractivity contribution in [3.05, 3.63) is 29.8 Å². The molecule has 1 aliphatic rings. The number of aliphatic hydroxyl groups is 2. The summed E-state index contributed by atoms with van der Waals surface area (Å²) in [4.78, 5) is 0. The molecule has 6 heteroatoms. The molecular weight excluding hydrogens is 300 g/mol. The van der Waals surface area contributed by atoms with Crippen molar-refractivity contribution in [3.8, 4) is 5.75 Å². The smallest absolute Gasteiger partial charge is 0.157 e. The van der Waals surface area contributed by atoms with E-state index in [0.29, 0.717) is 13.2 Å². The monoisotopic (exact) mass is 326 g/mol. The van der Waals surface area contributed by atoms with Crippen molar-refractivity contribution < 1.29 is 29.2 Å². The highest BCUT2D eigenvalue weighted by Crippen LogP contribution is 2.15. The summed E-state index contributed by atoms with van der Waals surface area (Å²) < 4.78 is 21.4. The molecule has 0 spiro atoms. The van der Waals surface area contributed by atoms with E-state index < -0.39 is 12.2 Å². The standard InChI is InChI=1S/C17H26O6/c1-20-14-7-5-13(6-8-14)10-21-11-15(18)16(19)12-23-17-4-2-3-9-22-17/h5-8,15-19H,2-4,9-12H2,1H3/t15-,16+,17?/m1/s1. The molecule has 0 bridgehead atoms. The fourth-order valence-electron chi connectivity index (χ4n) is 2.29. The van der Waals surface area contributed by atoms with Crippen LogP contribution in [-0.4, -0.2) is 55.6 Å². The van der Waals surface area contributed by atoms with Gasteiger partial charge in [0.05, 0.1) is 26.9 Å². The van der Waals surface area contributed by atoms with Crippen molar-refractivity contribution in [3.63, 3.8) is 0 Å². The van der Waals surface area contributed by atoms with Gasteiger partial charge in [0.15, 0.2) is 6.29 Å². The molecule has 2 N–H and O–H groups in total. The summed E-state index contributed by atoms with van der Waals surface area (Å²) in [7, 11) is 1.61. The van der Waals surface area contributed by atoms with Gasteiger partial charge in [0.2, 0.25) is 0 Å². The zero-order valence-electron chi connectivity index (χ0n) is 13.5. The lowest BCUT2D eigenvalue weighted by Crippen LogP contribution is -2.36. The van der Waals surface area contributed by atoms with Crippen molar-refractivity contribution in [2.24, 2.45) is 0 Å². The van der Waals surface area contributed by atoms with Gasteiger partial charge in [0, 0.05) is 6.61 Å². The van der Waals surface area contributed by atoms with E-state index in [1.54, 1.807) is 7.11 Å². The Morgan fingerprint density at radius 3 is 2.52 bits per heavy atom. The number of hydrogen-bond donors (Lipinski definition) is 2. The molecule has 0 amide bonds. The first-order valence-electron chi connectivity index (χ1n) is 7.99. The third-order valence-corrected chi connectivity index (χ3v) is 3.75. The van der Waals surface area contributed by atoms with Crippen LogP contribution in [0.2, 0.25) is 0 Å². The van der Waals surface area contributed by atoms with Crippen LogP contribution in [0.5, 0.6) is 5.75 Å². The van der Waals surface area contributed by atoms with E-state index in [1.165, 1.54) is 0 Å². The molecular formula is C17H26O6. The third kappa shape index (κ3) is 6.45. The minimum absolute atomic E-state index is 0.0394. The molecule has 3 atom stereocenters.